The Balaban J connectivity index is 2.97. The predicted molar refractivity (Wildman–Crippen MR) is 88.9 cm³/mol. The number of rotatable bonds is 9. The normalized spacial score (nSPS) is 15.9. The van der Waals surface area contributed by atoms with Gasteiger partial charge in [-0.1, -0.05) is 0 Å². The van der Waals surface area contributed by atoms with Gasteiger partial charge >= 0.3 is 11.9 Å². The molecule has 0 radical (unpaired) electrons. The number of ether oxygens (including phenoxy) is 1. The van der Waals surface area contributed by atoms with Gasteiger partial charge in [0.2, 0.25) is 7.37 Å². The van der Waals surface area contributed by atoms with E-state index in [0.717, 1.165) is 0 Å². The number of aryl methyl sites for hydroxylation is 2. The molecule has 10 heteroatoms. The van der Waals surface area contributed by atoms with Crippen molar-refractivity contribution in [3.8, 4) is 5.75 Å². The topological polar surface area (TPSA) is 167 Å². The van der Waals surface area contributed by atoms with Crippen molar-refractivity contribution in [3.05, 3.63) is 28.8 Å². The van der Waals surface area contributed by atoms with Crippen LogP contribution in [0, 0.1) is 13.8 Å². The van der Waals surface area contributed by atoms with Gasteiger partial charge in [-0.2, -0.15) is 0 Å². The van der Waals surface area contributed by atoms with Gasteiger partial charge in [0.15, 0.2) is 12.5 Å². The van der Waals surface area contributed by atoms with Crippen LogP contribution in [0.25, 0.3) is 0 Å². The Morgan fingerprint density at radius 1 is 1.24 bits per heavy atom. The van der Waals surface area contributed by atoms with Crippen molar-refractivity contribution >= 4 is 19.3 Å². The van der Waals surface area contributed by atoms with Gasteiger partial charge in [-0.3, -0.25) is 9.36 Å². The number of hydrogen-bond acceptors (Lipinski definition) is 6. The van der Waals surface area contributed by atoms with E-state index in [1.165, 1.54) is 12.1 Å². The Labute approximate surface area is 144 Å². The van der Waals surface area contributed by atoms with Crippen LogP contribution in [0.5, 0.6) is 5.75 Å². The first-order chi connectivity index (χ1) is 11.5. The molecule has 2 unspecified atom stereocenters. The minimum atomic E-state index is -4.11. The molecule has 0 saturated heterocycles. The highest BCUT2D eigenvalue weighted by atomic mass is 31.2. The highest BCUT2D eigenvalue weighted by molar-refractivity contribution is 7.58. The van der Waals surface area contributed by atoms with Gasteiger partial charge in [0.1, 0.15) is 11.8 Å². The zero-order valence-corrected chi connectivity index (χ0v) is 14.8. The number of aliphatic carboxylic acids is 2. The van der Waals surface area contributed by atoms with Gasteiger partial charge in [-0.25, -0.2) is 4.79 Å². The molecule has 9 nitrogen and oxygen atoms in total. The number of carboxylic acids is 2. The molecule has 0 fully saturated rings. The second-order valence-electron chi connectivity index (χ2n) is 5.75. The van der Waals surface area contributed by atoms with E-state index in [9.17, 15) is 24.2 Å². The van der Waals surface area contributed by atoms with Crippen LogP contribution in [0.2, 0.25) is 0 Å². The number of carbonyl (C=O) groups is 2. The molecule has 1 aromatic rings. The Kier molecular flexibility index (Phi) is 7.13. The molecule has 0 bridgehead atoms. The minimum absolute atomic E-state index is 0.160. The first kappa shape index (κ1) is 21.1. The summed E-state index contributed by atoms with van der Waals surface area (Å²) in [5, 5.41) is 27.6. The quantitative estimate of drug-likeness (QED) is 0.393. The van der Waals surface area contributed by atoms with Gasteiger partial charge in [-0.05, 0) is 49.1 Å². The van der Waals surface area contributed by atoms with Gasteiger partial charge in [0.05, 0.1) is 0 Å². The van der Waals surface area contributed by atoms with Crippen molar-refractivity contribution in [1.82, 2.24) is 0 Å². The minimum Gasteiger partial charge on any atom is -0.481 e. The Morgan fingerprint density at radius 2 is 1.76 bits per heavy atom. The second kappa shape index (κ2) is 8.44. The van der Waals surface area contributed by atoms with Crippen LogP contribution in [0.3, 0.4) is 0 Å². The van der Waals surface area contributed by atoms with Crippen molar-refractivity contribution in [2.24, 2.45) is 5.73 Å². The molecule has 0 aromatic heterocycles. The number of benzene rings is 1. The molecule has 0 aliphatic carbocycles. The van der Waals surface area contributed by atoms with E-state index in [0.29, 0.717) is 16.9 Å². The number of aliphatic hydroxyl groups excluding tert-OH is 1. The third-order valence-corrected chi connectivity index (χ3v) is 5.54. The summed E-state index contributed by atoms with van der Waals surface area (Å²) in [7, 11) is -4.11. The lowest BCUT2D eigenvalue weighted by molar-refractivity contribution is -0.139. The largest absolute Gasteiger partial charge is 0.481 e. The van der Waals surface area contributed by atoms with Crippen molar-refractivity contribution in [1.29, 1.82) is 0 Å². The third-order valence-electron chi connectivity index (χ3n) is 3.58. The summed E-state index contributed by atoms with van der Waals surface area (Å²) in [4.78, 5) is 31.3. The molecule has 3 atom stereocenters. The van der Waals surface area contributed by atoms with Crippen molar-refractivity contribution in [2.45, 2.75) is 32.2 Å². The van der Waals surface area contributed by atoms with Gasteiger partial charge in [-0.15, -0.1) is 0 Å². The first-order valence-corrected chi connectivity index (χ1v) is 9.30. The van der Waals surface area contributed by atoms with Crippen LogP contribution in [0.15, 0.2) is 12.1 Å². The standard InChI is InChI=1S/C15H22NO8P/c1-8-5-10(6-9(2)13(8)24-7-12(17)18)15(21)25(22,23)4-3-11(16)14(19)20/h5-6,11,15,21H,3-4,7,16H2,1-2H3,(H,17,18)(H,19,20)(H,22,23)/t11-,15?/m0/s1. The van der Waals surface area contributed by atoms with Crippen LogP contribution in [0.4, 0.5) is 0 Å². The number of aliphatic hydroxyl groups is 1. The maximum absolute atomic E-state index is 12.3. The van der Waals surface area contributed by atoms with Crippen LogP contribution >= 0.6 is 7.37 Å². The van der Waals surface area contributed by atoms with Crippen LogP contribution in [0.1, 0.15) is 29.0 Å². The SMILES string of the molecule is Cc1cc(C(O)P(=O)(O)CC[C@H](N)C(=O)O)cc(C)c1OCC(=O)O. The highest BCUT2D eigenvalue weighted by Crippen LogP contribution is 2.55. The molecule has 0 heterocycles. The molecule has 0 spiro atoms. The molecular weight excluding hydrogens is 353 g/mol. The van der Waals surface area contributed by atoms with E-state index >= 15 is 0 Å². The molecule has 0 aliphatic heterocycles. The van der Waals surface area contributed by atoms with E-state index in [-0.39, 0.29) is 12.0 Å². The highest BCUT2D eigenvalue weighted by Gasteiger charge is 2.32. The fourth-order valence-electron chi connectivity index (χ4n) is 2.30. The number of nitrogens with two attached hydrogens (primary N) is 1. The van der Waals surface area contributed by atoms with Crippen molar-refractivity contribution in [3.63, 3.8) is 0 Å². The fourth-order valence-corrected chi connectivity index (χ4v) is 3.80. The first-order valence-electron chi connectivity index (χ1n) is 7.39. The lowest BCUT2D eigenvalue weighted by Gasteiger charge is -2.21. The van der Waals surface area contributed by atoms with Crippen LogP contribution in [-0.2, 0) is 14.2 Å². The number of carboxylic acid groups (broad SMARTS) is 2. The molecule has 0 amide bonds. The maximum atomic E-state index is 12.3. The van der Waals surface area contributed by atoms with Crippen LogP contribution < -0.4 is 10.5 Å². The Bertz CT molecular complexity index is 682. The Hall–Kier alpha value is -1.93. The summed E-state index contributed by atoms with van der Waals surface area (Å²) in [6.45, 7) is 2.70. The molecule has 6 N–H and O–H groups in total. The Morgan fingerprint density at radius 3 is 2.20 bits per heavy atom. The average molecular weight is 375 g/mol. The lowest BCUT2D eigenvalue weighted by atomic mass is 10.1. The molecular formula is C15H22NO8P. The molecule has 0 aliphatic rings. The van der Waals surface area contributed by atoms with Gasteiger partial charge in [0, 0.05) is 6.16 Å². The zero-order valence-electron chi connectivity index (χ0n) is 13.9. The molecule has 0 saturated carbocycles. The molecule has 1 aromatic carbocycles. The zero-order chi connectivity index (χ0) is 19.4. The van der Waals surface area contributed by atoms with Crippen LogP contribution in [-0.4, -0.2) is 51.0 Å². The summed E-state index contributed by atoms with van der Waals surface area (Å²) < 4.78 is 17.5. The summed E-state index contributed by atoms with van der Waals surface area (Å²) in [5.41, 5.74) is 6.47. The predicted octanol–water partition coefficient (Wildman–Crippen LogP) is 0.830. The third kappa shape index (κ3) is 5.82. The van der Waals surface area contributed by atoms with E-state index in [1.807, 2.05) is 0 Å². The monoisotopic (exact) mass is 375 g/mol. The molecule has 1 rings (SSSR count). The second-order valence-corrected chi connectivity index (χ2v) is 8.20. The summed E-state index contributed by atoms with van der Waals surface area (Å²) in [6.07, 6.45) is -0.699. The number of hydrogen-bond donors (Lipinski definition) is 5. The lowest BCUT2D eigenvalue weighted by Crippen LogP contribution is -2.31. The summed E-state index contributed by atoms with van der Waals surface area (Å²) >= 11 is 0. The van der Waals surface area contributed by atoms with Crippen molar-refractivity contribution in [2.75, 3.05) is 12.8 Å². The van der Waals surface area contributed by atoms with Gasteiger partial charge in [0.25, 0.3) is 0 Å². The van der Waals surface area contributed by atoms with E-state index in [2.05, 4.69) is 0 Å². The van der Waals surface area contributed by atoms with E-state index in [1.54, 1.807) is 13.8 Å². The van der Waals surface area contributed by atoms with E-state index in [4.69, 9.17) is 20.7 Å². The van der Waals surface area contributed by atoms with E-state index < -0.39 is 44.0 Å². The van der Waals surface area contributed by atoms with Crippen molar-refractivity contribution < 1.29 is 39.1 Å². The summed E-state index contributed by atoms with van der Waals surface area (Å²) in [6, 6.07) is 1.56. The molecule has 140 valence electrons. The molecule has 25 heavy (non-hydrogen) atoms. The average Bonchev–Trinajstić information content (AvgIpc) is 2.50. The smallest absolute Gasteiger partial charge is 0.341 e. The fraction of sp³-hybridized carbons (Fsp3) is 0.467. The maximum Gasteiger partial charge on any atom is 0.341 e. The summed E-state index contributed by atoms with van der Waals surface area (Å²) in [5.74, 6) is -3.82. The van der Waals surface area contributed by atoms with Gasteiger partial charge < -0.3 is 30.7 Å².